The minimum absolute atomic E-state index is 0.0476. The van der Waals surface area contributed by atoms with Crippen molar-refractivity contribution >= 4 is 23.4 Å². The molecule has 12 heteroatoms. The van der Waals surface area contributed by atoms with Crippen LogP contribution in [0.3, 0.4) is 0 Å². The highest BCUT2D eigenvalue weighted by Crippen LogP contribution is 2.45. The third-order valence-corrected chi connectivity index (χ3v) is 8.88. The molecule has 8 nitrogen and oxygen atoms in total. The Hall–Kier alpha value is -3.70. The third-order valence-electron chi connectivity index (χ3n) is 8.55. The average Bonchev–Trinajstić information content (AvgIpc) is 2.94. The van der Waals surface area contributed by atoms with Crippen molar-refractivity contribution in [1.29, 1.82) is 0 Å². The van der Waals surface area contributed by atoms with E-state index < -0.39 is 34.3 Å². The van der Waals surface area contributed by atoms with Gasteiger partial charge in [0, 0.05) is 35.7 Å². The van der Waals surface area contributed by atoms with Crippen LogP contribution in [0.2, 0.25) is 5.02 Å². The molecule has 2 N–H and O–H groups in total. The quantitative estimate of drug-likeness (QED) is 0.414. The standard InChI is InChI=1S/C31H32ClF3N4O4/c1-16-11-22-25(15-38(16)28(41)19-7-10-24(32)23(12-19)31(33,34)35)37-26(17(2)20-13-30(3,43)14-20)39(29(22)42)21-8-5-18(6-9-21)27(40)36-4/h5-10,12,16-17,20,43H,11,13-15H2,1-4H3,(H,36,40). The van der Waals surface area contributed by atoms with Crippen molar-refractivity contribution in [3.63, 3.8) is 0 Å². The molecule has 2 atom stereocenters. The maximum absolute atomic E-state index is 14.1. The van der Waals surface area contributed by atoms with Crippen LogP contribution in [0, 0.1) is 5.92 Å². The lowest BCUT2D eigenvalue weighted by molar-refractivity contribution is -0.137. The van der Waals surface area contributed by atoms with E-state index in [0.717, 1.165) is 12.1 Å². The predicted molar refractivity (Wildman–Crippen MR) is 154 cm³/mol. The molecule has 1 saturated carbocycles. The fraction of sp³-hybridized carbons (Fsp3) is 0.419. The number of halogens is 4. The zero-order valence-electron chi connectivity index (χ0n) is 24.1. The second kappa shape index (κ2) is 11.1. The summed E-state index contributed by atoms with van der Waals surface area (Å²) < 4.78 is 42.0. The number of aliphatic hydroxyl groups is 1. The molecule has 1 aliphatic carbocycles. The van der Waals surface area contributed by atoms with Gasteiger partial charge in [0.25, 0.3) is 17.4 Å². The number of carbonyl (C=O) groups excluding carboxylic acids is 2. The summed E-state index contributed by atoms with van der Waals surface area (Å²) in [5, 5.41) is 12.5. The number of hydrogen-bond donors (Lipinski definition) is 2. The van der Waals surface area contributed by atoms with E-state index in [-0.39, 0.29) is 41.8 Å². The van der Waals surface area contributed by atoms with Crippen molar-refractivity contribution in [3.05, 3.63) is 91.6 Å². The summed E-state index contributed by atoms with van der Waals surface area (Å²) in [5.74, 6) is -0.641. The first-order chi connectivity index (χ1) is 20.1. The molecule has 2 amide bonds. The van der Waals surface area contributed by atoms with E-state index in [1.54, 1.807) is 38.1 Å². The first-order valence-corrected chi connectivity index (χ1v) is 14.4. The van der Waals surface area contributed by atoms with Crippen molar-refractivity contribution < 1.29 is 27.9 Å². The van der Waals surface area contributed by atoms with Gasteiger partial charge >= 0.3 is 6.18 Å². The first-order valence-electron chi connectivity index (χ1n) is 14.0. The van der Waals surface area contributed by atoms with Gasteiger partial charge in [-0.2, -0.15) is 13.2 Å². The Bertz CT molecular complexity index is 1640. The lowest BCUT2D eigenvalue weighted by atomic mass is 9.66. The molecule has 228 valence electrons. The number of nitrogens with one attached hydrogen (secondary N) is 1. The number of amides is 2. The number of benzene rings is 2. The molecule has 2 unspecified atom stereocenters. The largest absolute Gasteiger partial charge is 0.417 e. The molecule has 1 fully saturated rings. The number of aromatic nitrogens is 2. The van der Waals surface area contributed by atoms with Crippen molar-refractivity contribution in [2.75, 3.05) is 7.05 Å². The first kappa shape index (κ1) is 30.7. The minimum Gasteiger partial charge on any atom is -0.390 e. The summed E-state index contributed by atoms with van der Waals surface area (Å²) in [5.41, 5.74) is -0.636. The Morgan fingerprint density at radius 3 is 2.35 bits per heavy atom. The highest BCUT2D eigenvalue weighted by molar-refractivity contribution is 6.31. The van der Waals surface area contributed by atoms with Gasteiger partial charge in [-0.1, -0.05) is 18.5 Å². The highest BCUT2D eigenvalue weighted by Gasteiger charge is 2.43. The average molecular weight is 617 g/mol. The molecule has 2 heterocycles. The summed E-state index contributed by atoms with van der Waals surface area (Å²) in [7, 11) is 1.53. The van der Waals surface area contributed by atoms with Crippen LogP contribution in [-0.4, -0.2) is 50.1 Å². The molecule has 0 radical (unpaired) electrons. The van der Waals surface area contributed by atoms with Crippen LogP contribution < -0.4 is 10.9 Å². The van der Waals surface area contributed by atoms with Gasteiger partial charge in [0.05, 0.1) is 34.1 Å². The molecule has 43 heavy (non-hydrogen) atoms. The number of carbonyl (C=O) groups is 2. The smallest absolute Gasteiger partial charge is 0.390 e. The molecule has 2 aromatic carbocycles. The van der Waals surface area contributed by atoms with Crippen LogP contribution in [0.25, 0.3) is 5.69 Å². The van der Waals surface area contributed by atoms with E-state index in [1.165, 1.54) is 22.6 Å². The van der Waals surface area contributed by atoms with E-state index in [1.807, 2.05) is 6.92 Å². The molecule has 1 aliphatic heterocycles. The van der Waals surface area contributed by atoms with Crippen LogP contribution in [0.15, 0.2) is 47.3 Å². The van der Waals surface area contributed by atoms with E-state index in [2.05, 4.69) is 5.32 Å². The minimum atomic E-state index is -4.73. The van der Waals surface area contributed by atoms with Gasteiger partial charge in [-0.25, -0.2) is 4.98 Å². The fourth-order valence-electron chi connectivity index (χ4n) is 6.09. The summed E-state index contributed by atoms with van der Waals surface area (Å²) >= 11 is 5.76. The Morgan fingerprint density at radius 1 is 1.14 bits per heavy atom. The number of rotatable bonds is 5. The second-order valence-electron chi connectivity index (χ2n) is 11.8. The molecular weight excluding hydrogens is 585 g/mol. The fourth-order valence-corrected chi connectivity index (χ4v) is 6.31. The molecule has 0 bridgehead atoms. The summed E-state index contributed by atoms with van der Waals surface area (Å²) in [6, 6.07) is 9.14. The maximum atomic E-state index is 14.1. The Labute approximate surface area is 251 Å². The molecule has 1 aromatic heterocycles. The van der Waals surface area contributed by atoms with Crippen molar-refractivity contribution in [1.82, 2.24) is 19.8 Å². The van der Waals surface area contributed by atoms with Crippen molar-refractivity contribution in [3.8, 4) is 5.69 Å². The van der Waals surface area contributed by atoms with Gasteiger partial charge in [-0.15, -0.1) is 0 Å². The van der Waals surface area contributed by atoms with E-state index in [4.69, 9.17) is 16.6 Å². The number of alkyl halides is 3. The van der Waals surface area contributed by atoms with E-state index in [0.29, 0.717) is 41.2 Å². The summed E-state index contributed by atoms with van der Waals surface area (Å²) in [6.07, 6.45) is -3.53. The zero-order valence-corrected chi connectivity index (χ0v) is 24.9. The molecule has 0 spiro atoms. The maximum Gasteiger partial charge on any atom is 0.417 e. The topological polar surface area (TPSA) is 105 Å². The number of hydrogen-bond acceptors (Lipinski definition) is 5. The van der Waals surface area contributed by atoms with Gasteiger partial charge in [-0.3, -0.25) is 19.0 Å². The van der Waals surface area contributed by atoms with Crippen molar-refractivity contribution in [2.24, 2.45) is 5.92 Å². The van der Waals surface area contributed by atoms with Crippen LogP contribution >= 0.6 is 11.6 Å². The molecule has 0 saturated heterocycles. The van der Waals surface area contributed by atoms with Gasteiger partial charge in [0.15, 0.2) is 0 Å². The highest BCUT2D eigenvalue weighted by atomic mass is 35.5. The van der Waals surface area contributed by atoms with Crippen LogP contribution in [-0.2, 0) is 19.1 Å². The normalized spacial score (nSPS) is 22.4. The Kier molecular flexibility index (Phi) is 7.93. The van der Waals surface area contributed by atoms with Crippen LogP contribution in [0.4, 0.5) is 13.2 Å². The predicted octanol–water partition coefficient (Wildman–Crippen LogP) is 5.12. The SMILES string of the molecule is CNC(=O)c1ccc(-n2c(C(C)C3CC(C)(O)C3)nc3c(c2=O)CC(C)N(C(=O)c2ccc(Cl)c(C(F)(F)F)c2)C3)cc1. The zero-order chi connectivity index (χ0) is 31.4. The second-order valence-corrected chi connectivity index (χ2v) is 12.2. The van der Waals surface area contributed by atoms with E-state index >= 15 is 0 Å². The molecular formula is C31H32ClF3N4O4. The molecule has 5 rings (SSSR count). The summed E-state index contributed by atoms with van der Waals surface area (Å²) in [4.78, 5) is 46.0. The van der Waals surface area contributed by atoms with Crippen LogP contribution in [0.5, 0.6) is 0 Å². The van der Waals surface area contributed by atoms with E-state index in [9.17, 15) is 32.7 Å². The molecule has 2 aliphatic rings. The summed E-state index contributed by atoms with van der Waals surface area (Å²) in [6.45, 7) is 5.36. The van der Waals surface area contributed by atoms with Gasteiger partial charge in [0.2, 0.25) is 0 Å². The van der Waals surface area contributed by atoms with Crippen molar-refractivity contribution in [2.45, 2.75) is 70.3 Å². The monoisotopic (exact) mass is 616 g/mol. The number of nitrogens with zero attached hydrogens (tertiary/aromatic N) is 3. The van der Waals surface area contributed by atoms with Gasteiger partial charge in [-0.05, 0) is 81.5 Å². The lowest BCUT2D eigenvalue weighted by Gasteiger charge is -2.44. The lowest BCUT2D eigenvalue weighted by Crippen LogP contribution is -2.47. The Morgan fingerprint density at radius 2 is 1.77 bits per heavy atom. The number of fused-ring (bicyclic) bond motifs is 1. The van der Waals surface area contributed by atoms with Gasteiger partial charge in [0.1, 0.15) is 5.82 Å². The molecule has 3 aromatic rings. The Balaban J connectivity index is 1.56. The third kappa shape index (κ3) is 5.80. The van der Waals surface area contributed by atoms with Gasteiger partial charge < -0.3 is 15.3 Å². The van der Waals surface area contributed by atoms with Crippen LogP contribution in [0.1, 0.15) is 82.9 Å².